The number of rotatable bonds is 4. The number of aromatic nitrogens is 1. The lowest BCUT2D eigenvalue weighted by molar-refractivity contribution is -0.522. The Morgan fingerprint density at radius 3 is 2.52 bits per heavy atom. The van der Waals surface area contributed by atoms with Crippen molar-refractivity contribution < 1.29 is 4.92 Å². The molecule has 3 rings (SSSR count). The third-order valence-corrected chi connectivity index (χ3v) is 5.99. The second-order valence-electron chi connectivity index (χ2n) is 5.25. The molecule has 7 heteroatoms. The van der Waals surface area contributed by atoms with Gasteiger partial charge in [0.25, 0.3) is 0 Å². The van der Waals surface area contributed by atoms with Gasteiger partial charge in [-0.3, -0.25) is 10.1 Å². The van der Waals surface area contributed by atoms with Crippen LogP contribution in [0.25, 0.3) is 21.0 Å². The number of alkyl halides is 2. The van der Waals surface area contributed by atoms with Crippen LogP contribution in [0.1, 0.15) is 30.0 Å². The van der Waals surface area contributed by atoms with Gasteiger partial charge in [-0.15, -0.1) is 11.3 Å². The van der Waals surface area contributed by atoms with Gasteiger partial charge in [0.2, 0.25) is 5.01 Å². The first kappa shape index (κ1) is 16.4. The fraction of sp³-hybridized carbons (Fsp3) is 0.312. The van der Waals surface area contributed by atoms with Crippen LogP contribution in [0.2, 0.25) is 0 Å². The molecule has 0 amide bonds. The predicted octanol–water partition coefficient (Wildman–Crippen LogP) is 5.44. The van der Waals surface area contributed by atoms with E-state index in [1.165, 1.54) is 16.9 Å². The molecule has 120 valence electrons. The van der Waals surface area contributed by atoms with E-state index < -0.39 is 9.38 Å². The Labute approximate surface area is 147 Å². The second kappa shape index (κ2) is 5.89. The van der Waals surface area contributed by atoms with Crippen molar-refractivity contribution in [3.05, 3.63) is 50.5 Å². The average molecular weight is 369 g/mol. The van der Waals surface area contributed by atoms with E-state index in [-0.39, 0.29) is 5.01 Å². The molecule has 0 fully saturated rings. The van der Waals surface area contributed by atoms with E-state index in [9.17, 15) is 10.1 Å². The van der Waals surface area contributed by atoms with Gasteiger partial charge in [-0.25, -0.2) is 4.98 Å². The lowest BCUT2D eigenvalue weighted by Crippen LogP contribution is -2.21. The third kappa shape index (κ3) is 2.57. The highest BCUT2D eigenvalue weighted by Crippen LogP contribution is 2.42. The third-order valence-electron chi connectivity index (χ3n) is 3.94. The summed E-state index contributed by atoms with van der Waals surface area (Å²) in [6, 6.07) is 8.22. The Morgan fingerprint density at radius 1 is 1.22 bits per heavy atom. The minimum Gasteiger partial charge on any atom is -0.261 e. The monoisotopic (exact) mass is 368 g/mol. The van der Waals surface area contributed by atoms with Crippen molar-refractivity contribution in [2.45, 2.75) is 31.1 Å². The Kier molecular flexibility index (Phi) is 4.21. The molecule has 0 radical (unpaired) electrons. The summed E-state index contributed by atoms with van der Waals surface area (Å²) in [7, 11) is 0. The van der Waals surface area contributed by atoms with Crippen LogP contribution in [-0.2, 0) is 17.3 Å². The van der Waals surface area contributed by atoms with Crippen LogP contribution in [0.15, 0.2) is 24.3 Å². The summed E-state index contributed by atoms with van der Waals surface area (Å²) in [6.07, 6.45) is 1.70. The molecule has 0 unspecified atom stereocenters. The van der Waals surface area contributed by atoms with Gasteiger partial charge in [-0.1, -0.05) is 32.0 Å². The summed E-state index contributed by atoms with van der Waals surface area (Å²) in [6.45, 7) is 4.15. The van der Waals surface area contributed by atoms with Crippen molar-refractivity contribution in [3.8, 4) is 0 Å². The lowest BCUT2D eigenvalue weighted by atomic mass is 9.98. The molecule has 3 aromatic rings. The summed E-state index contributed by atoms with van der Waals surface area (Å²) < 4.78 is -1.32. The number of hydrogen-bond donors (Lipinski definition) is 0. The lowest BCUT2D eigenvalue weighted by Gasteiger charge is -2.08. The van der Waals surface area contributed by atoms with Gasteiger partial charge >= 0.3 is 4.46 Å². The molecular weight excluding hydrogens is 355 g/mol. The molecule has 23 heavy (non-hydrogen) atoms. The Balaban J connectivity index is 2.41. The van der Waals surface area contributed by atoms with Gasteiger partial charge in [0.1, 0.15) is 0 Å². The maximum Gasteiger partial charge on any atom is 0.422 e. The number of benzene rings is 2. The molecule has 1 aromatic heterocycles. The predicted molar refractivity (Wildman–Crippen MR) is 96.3 cm³/mol. The summed E-state index contributed by atoms with van der Waals surface area (Å²) in [4.78, 5) is 14.8. The highest BCUT2D eigenvalue weighted by molar-refractivity contribution is 7.20. The standard InChI is InChI=1S/C16H14Cl2N2O2S/c1-3-9-6-5-7-11-12(9)8-10(4-2)13-14(11)23-15(19-13)16(17,18)20(21)22/h5-8H,3-4H2,1-2H3. The van der Waals surface area contributed by atoms with Crippen molar-refractivity contribution >= 4 is 55.5 Å². The highest BCUT2D eigenvalue weighted by atomic mass is 35.5. The van der Waals surface area contributed by atoms with Crippen molar-refractivity contribution in [2.24, 2.45) is 0 Å². The van der Waals surface area contributed by atoms with E-state index in [1.807, 2.05) is 19.1 Å². The number of fused-ring (bicyclic) bond motifs is 3. The molecule has 0 aliphatic carbocycles. The van der Waals surface area contributed by atoms with E-state index in [4.69, 9.17) is 23.2 Å². The van der Waals surface area contributed by atoms with E-state index in [0.29, 0.717) is 0 Å². The summed E-state index contributed by atoms with van der Waals surface area (Å²) in [5.41, 5.74) is 3.04. The zero-order valence-electron chi connectivity index (χ0n) is 12.6. The van der Waals surface area contributed by atoms with E-state index >= 15 is 0 Å². The van der Waals surface area contributed by atoms with E-state index in [2.05, 4.69) is 24.0 Å². The largest absolute Gasteiger partial charge is 0.422 e. The molecule has 4 nitrogen and oxygen atoms in total. The van der Waals surface area contributed by atoms with Crippen molar-refractivity contribution in [3.63, 3.8) is 0 Å². The highest BCUT2D eigenvalue weighted by Gasteiger charge is 2.44. The van der Waals surface area contributed by atoms with Crippen LogP contribution >= 0.6 is 34.5 Å². The molecule has 0 bridgehead atoms. The molecule has 0 aliphatic rings. The van der Waals surface area contributed by atoms with Crippen LogP contribution in [0.5, 0.6) is 0 Å². The summed E-state index contributed by atoms with van der Waals surface area (Å²) in [5.74, 6) is 0. The second-order valence-corrected chi connectivity index (χ2v) is 7.54. The number of aryl methyl sites for hydroxylation is 2. The first-order chi connectivity index (χ1) is 10.9. The topological polar surface area (TPSA) is 56.0 Å². The van der Waals surface area contributed by atoms with Crippen LogP contribution in [-0.4, -0.2) is 9.91 Å². The molecule has 0 aliphatic heterocycles. The fourth-order valence-corrected chi connectivity index (χ4v) is 4.13. The zero-order valence-corrected chi connectivity index (χ0v) is 14.9. The summed E-state index contributed by atoms with van der Waals surface area (Å²) in [5, 5.41) is 13.4. The molecule has 0 atom stereocenters. The minimum atomic E-state index is -2.22. The number of halogens is 2. The number of nitro groups is 1. The molecule has 0 spiro atoms. The van der Waals surface area contributed by atoms with Gasteiger partial charge in [-0.2, -0.15) is 0 Å². The molecule has 2 aromatic carbocycles. The quantitative estimate of drug-likeness (QED) is 0.266. The molecule has 0 saturated carbocycles. The first-order valence-electron chi connectivity index (χ1n) is 7.26. The van der Waals surface area contributed by atoms with Crippen LogP contribution < -0.4 is 0 Å². The van der Waals surface area contributed by atoms with Gasteiger partial charge < -0.3 is 0 Å². The first-order valence-corrected chi connectivity index (χ1v) is 8.84. The Morgan fingerprint density at radius 2 is 1.91 bits per heavy atom. The van der Waals surface area contributed by atoms with Gasteiger partial charge in [0.15, 0.2) is 0 Å². The molecule has 0 saturated heterocycles. The molecule has 0 N–H and O–H groups in total. The fourth-order valence-electron chi connectivity index (χ4n) is 2.73. The van der Waals surface area contributed by atoms with Gasteiger partial charge in [0.05, 0.1) is 15.1 Å². The van der Waals surface area contributed by atoms with Crippen molar-refractivity contribution in [2.75, 3.05) is 0 Å². The van der Waals surface area contributed by atoms with Crippen molar-refractivity contribution in [1.82, 2.24) is 4.98 Å². The normalized spacial score (nSPS) is 12.2. The maximum atomic E-state index is 11.1. The van der Waals surface area contributed by atoms with Crippen LogP contribution in [0.3, 0.4) is 0 Å². The number of thiazole rings is 1. The van der Waals surface area contributed by atoms with Gasteiger partial charge in [0, 0.05) is 5.39 Å². The van der Waals surface area contributed by atoms with Crippen LogP contribution in [0, 0.1) is 10.1 Å². The minimum absolute atomic E-state index is 0.102. The Hall–Kier alpha value is -1.43. The summed E-state index contributed by atoms with van der Waals surface area (Å²) >= 11 is 13.0. The molecular formula is C16H14Cl2N2O2S. The average Bonchev–Trinajstić information content (AvgIpc) is 2.99. The van der Waals surface area contributed by atoms with E-state index in [1.54, 1.807) is 0 Å². The smallest absolute Gasteiger partial charge is 0.261 e. The maximum absolute atomic E-state index is 11.1. The number of hydrogen-bond acceptors (Lipinski definition) is 4. The van der Waals surface area contributed by atoms with Gasteiger partial charge in [-0.05, 0) is 58.6 Å². The molecule has 1 heterocycles. The Bertz CT molecular complexity index is 921. The zero-order chi connectivity index (χ0) is 16.8. The van der Waals surface area contributed by atoms with Crippen LogP contribution in [0.4, 0.5) is 0 Å². The SMILES string of the molecule is CCc1cccc2c1cc(CC)c1nc(C(Cl)(Cl)[N+](=O)[O-])sc12. The van der Waals surface area contributed by atoms with Crippen molar-refractivity contribution in [1.29, 1.82) is 0 Å². The van der Waals surface area contributed by atoms with E-state index in [0.717, 1.165) is 39.4 Å². The number of nitrogens with zero attached hydrogens (tertiary/aromatic N) is 2.